The van der Waals surface area contributed by atoms with Gasteiger partial charge in [0.1, 0.15) is 28.9 Å². The molecule has 2 aromatic carbocycles. The molecule has 3 aromatic rings. The number of halogens is 4. The number of carbonyl (C=O) groups is 2. The van der Waals surface area contributed by atoms with E-state index in [-0.39, 0.29) is 53.9 Å². The van der Waals surface area contributed by atoms with Crippen molar-refractivity contribution in [3.63, 3.8) is 0 Å². The van der Waals surface area contributed by atoms with E-state index in [0.29, 0.717) is 18.6 Å². The van der Waals surface area contributed by atoms with Crippen LogP contribution in [-0.4, -0.2) is 67.7 Å². The zero-order chi connectivity index (χ0) is 37.7. The van der Waals surface area contributed by atoms with Gasteiger partial charge in [0, 0.05) is 24.0 Å². The number of pyridine rings is 1. The minimum atomic E-state index is -2.12. The summed E-state index contributed by atoms with van der Waals surface area (Å²) in [6.45, 7) is 16.8. The summed E-state index contributed by atoms with van der Waals surface area (Å²) in [5.41, 5.74) is 0.240. The molecule has 0 saturated carbocycles. The van der Waals surface area contributed by atoms with Crippen LogP contribution in [0.4, 0.5) is 28.0 Å². The van der Waals surface area contributed by atoms with E-state index >= 15 is 4.39 Å². The Morgan fingerprint density at radius 2 is 1.61 bits per heavy atom. The number of anilines is 1. The number of hydrogen-bond donors (Lipinski definition) is 1. The largest absolute Gasteiger partial charge is 0.444 e. The molecule has 1 saturated heterocycles. The number of ether oxygens (including phenoxy) is 2. The maximum atomic E-state index is 15.3. The van der Waals surface area contributed by atoms with Crippen molar-refractivity contribution in [3.8, 4) is 0 Å². The van der Waals surface area contributed by atoms with Gasteiger partial charge in [-0.1, -0.05) is 32.9 Å². The molecule has 1 fully saturated rings. The van der Waals surface area contributed by atoms with Gasteiger partial charge in [-0.25, -0.2) is 22.4 Å². The van der Waals surface area contributed by atoms with Crippen LogP contribution in [0.25, 0.3) is 0 Å². The highest BCUT2D eigenvalue weighted by Crippen LogP contribution is 2.37. The Kier molecular flexibility index (Phi) is 12.7. The van der Waals surface area contributed by atoms with E-state index in [9.17, 15) is 22.8 Å². The van der Waals surface area contributed by atoms with Gasteiger partial charge in [0.15, 0.2) is 8.32 Å². The zero-order valence-corrected chi connectivity index (χ0v) is 31.6. The molecule has 8 nitrogen and oxygen atoms in total. The van der Waals surface area contributed by atoms with Gasteiger partial charge in [0.25, 0.3) is 0 Å². The van der Waals surface area contributed by atoms with Crippen LogP contribution >= 0.6 is 0 Å². The lowest BCUT2D eigenvalue weighted by Crippen LogP contribution is -2.56. The van der Waals surface area contributed by atoms with E-state index in [4.69, 9.17) is 13.9 Å². The molecule has 0 bridgehead atoms. The number of nitrogens with zero attached hydrogens (tertiary/aromatic N) is 2. The molecule has 1 unspecified atom stereocenters. The normalized spacial score (nSPS) is 17.6. The minimum absolute atomic E-state index is 0.0250. The molecule has 0 aliphatic carbocycles. The Morgan fingerprint density at radius 1 is 0.961 bits per heavy atom. The van der Waals surface area contributed by atoms with Gasteiger partial charge in [-0.3, -0.25) is 14.7 Å². The molecule has 1 aromatic heterocycles. The third-order valence-corrected chi connectivity index (χ3v) is 13.9. The van der Waals surface area contributed by atoms with Crippen molar-refractivity contribution in [2.75, 3.05) is 25.1 Å². The van der Waals surface area contributed by atoms with Crippen LogP contribution in [0, 0.1) is 23.3 Å². The van der Waals surface area contributed by atoms with Crippen LogP contribution in [0.15, 0.2) is 54.9 Å². The summed E-state index contributed by atoms with van der Waals surface area (Å²) in [5, 5.41) is 2.69. The summed E-state index contributed by atoms with van der Waals surface area (Å²) in [4.78, 5) is 32.3. The first-order valence-corrected chi connectivity index (χ1v) is 20.0. The molecular weight excluding hydrogens is 683 g/mol. The quantitative estimate of drug-likeness (QED) is 0.157. The zero-order valence-electron chi connectivity index (χ0n) is 30.6. The van der Waals surface area contributed by atoms with Crippen molar-refractivity contribution in [2.45, 2.75) is 103 Å². The molecule has 1 N–H and O–H groups in total. The first kappa shape index (κ1) is 40.0. The summed E-state index contributed by atoms with van der Waals surface area (Å²) in [5.74, 6) is -4.19. The van der Waals surface area contributed by atoms with E-state index in [1.54, 1.807) is 25.7 Å². The van der Waals surface area contributed by atoms with Crippen molar-refractivity contribution in [1.29, 1.82) is 0 Å². The second-order valence-corrected chi connectivity index (χ2v) is 20.4. The SMILES string of the molecule is CC(C)(C)OC(=O)N1C[C@@H](CCc2c(F)cncc2NC(=O)CC(c2ccc(F)cc2)c2cc(F)cc(F)c2)OC[C@H]1CO[Si](C)(C)C(C)(C)C. The number of carbonyl (C=O) groups excluding carboxylic acids is 2. The van der Waals surface area contributed by atoms with E-state index in [1.807, 2.05) is 0 Å². The molecule has 2 amide bonds. The number of benzene rings is 2. The lowest BCUT2D eigenvalue weighted by atomic mass is 9.88. The van der Waals surface area contributed by atoms with Gasteiger partial charge in [-0.15, -0.1) is 0 Å². The number of morpholine rings is 1. The molecule has 1 aliphatic heterocycles. The topological polar surface area (TPSA) is 90.0 Å². The Labute approximate surface area is 299 Å². The lowest BCUT2D eigenvalue weighted by Gasteiger charge is -2.43. The van der Waals surface area contributed by atoms with Gasteiger partial charge >= 0.3 is 6.09 Å². The molecule has 0 radical (unpaired) electrons. The number of aromatic nitrogens is 1. The molecule has 2 heterocycles. The van der Waals surface area contributed by atoms with E-state index in [0.717, 1.165) is 24.4 Å². The van der Waals surface area contributed by atoms with Crippen molar-refractivity contribution in [3.05, 3.63) is 94.8 Å². The average Bonchev–Trinajstić information content (AvgIpc) is 3.01. The number of hydrogen-bond acceptors (Lipinski definition) is 6. The van der Waals surface area contributed by atoms with Crippen molar-refractivity contribution in [1.82, 2.24) is 9.88 Å². The Bertz CT molecular complexity index is 1660. The minimum Gasteiger partial charge on any atom is -0.444 e. The van der Waals surface area contributed by atoms with Gasteiger partial charge in [-0.2, -0.15) is 0 Å². The highest BCUT2D eigenvalue weighted by atomic mass is 28.4. The third kappa shape index (κ3) is 11.1. The Morgan fingerprint density at radius 3 is 2.22 bits per heavy atom. The molecule has 0 spiro atoms. The number of nitrogens with one attached hydrogen (secondary N) is 1. The second-order valence-electron chi connectivity index (χ2n) is 15.6. The fourth-order valence-electron chi connectivity index (χ4n) is 5.55. The van der Waals surface area contributed by atoms with Crippen LogP contribution < -0.4 is 5.32 Å². The van der Waals surface area contributed by atoms with E-state index in [2.05, 4.69) is 44.2 Å². The highest BCUT2D eigenvalue weighted by Gasteiger charge is 2.41. The monoisotopic (exact) mass is 731 g/mol. The van der Waals surface area contributed by atoms with Gasteiger partial charge < -0.3 is 19.2 Å². The average molecular weight is 732 g/mol. The Balaban J connectivity index is 1.48. The van der Waals surface area contributed by atoms with Crippen LogP contribution in [-0.2, 0) is 25.1 Å². The fourth-order valence-corrected chi connectivity index (χ4v) is 6.59. The molecule has 13 heteroatoms. The third-order valence-electron chi connectivity index (χ3n) is 9.38. The smallest absolute Gasteiger partial charge is 0.410 e. The lowest BCUT2D eigenvalue weighted by molar-refractivity contribution is -0.116. The number of amides is 2. The molecule has 51 heavy (non-hydrogen) atoms. The second kappa shape index (κ2) is 16.2. The summed E-state index contributed by atoms with van der Waals surface area (Å²) in [7, 11) is -2.12. The van der Waals surface area contributed by atoms with Crippen molar-refractivity contribution in [2.24, 2.45) is 0 Å². The van der Waals surface area contributed by atoms with Crippen molar-refractivity contribution >= 4 is 26.0 Å². The van der Waals surface area contributed by atoms with Crippen LogP contribution in [0.2, 0.25) is 18.1 Å². The predicted molar refractivity (Wildman–Crippen MR) is 190 cm³/mol. The van der Waals surface area contributed by atoms with Crippen molar-refractivity contribution < 1.29 is 41.1 Å². The number of rotatable bonds is 11. The summed E-state index contributed by atoms with van der Waals surface area (Å²) < 4.78 is 75.7. The maximum absolute atomic E-state index is 15.3. The molecule has 278 valence electrons. The summed E-state index contributed by atoms with van der Waals surface area (Å²) >= 11 is 0. The highest BCUT2D eigenvalue weighted by molar-refractivity contribution is 6.74. The van der Waals surface area contributed by atoms with Crippen LogP contribution in [0.1, 0.15) is 77.0 Å². The fraction of sp³-hybridized carbons (Fsp3) is 0.500. The standard InChI is InChI=1S/C38H49F4N3O5Si/c1-37(2,3)50-36(47)45-21-30(48-22-29(45)23-49-51(7,8)38(4,5)6)13-14-31-33(42)19-43-20-34(31)44-35(46)18-32(24-9-11-26(39)12-10-24)25-15-27(40)17-28(41)16-25/h9-12,15-17,19-20,29-30,32H,13-14,18,21-23H2,1-8H3,(H,44,46)/t29-,30+,32?/m0/s1. The van der Waals surface area contributed by atoms with Crippen LogP contribution in [0.5, 0.6) is 0 Å². The van der Waals surface area contributed by atoms with Gasteiger partial charge in [0.05, 0.1) is 50.0 Å². The summed E-state index contributed by atoms with van der Waals surface area (Å²) in [6, 6.07) is 7.88. The summed E-state index contributed by atoms with van der Waals surface area (Å²) in [6.07, 6.45) is 1.58. The Hall–Kier alpha value is -3.81. The molecule has 1 aliphatic rings. The van der Waals surface area contributed by atoms with E-state index in [1.165, 1.54) is 30.5 Å². The molecule has 4 rings (SSSR count). The van der Waals surface area contributed by atoms with Gasteiger partial charge in [-0.05, 0) is 87.1 Å². The first-order chi connectivity index (χ1) is 23.7. The first-order valence-electron chi connectivity index (χ1n) is 17.1. The molecular formula is C38H49F4N3O5Si. The van der Waals surface area contributed by atoms with Gasteiger partial charge in [0.2, 0.25) is 5.91 Å². The van der Waals surface area contributed by atoms with Crippen LogP contribution in [0.3, 0.4) is 0 Å². The maximum Gasteiger partial charge on any atom is 0.410 e. The molecule has 3 atom stereocenters. The van der Waals surface area contributed by atoms with E-state index < -0.39 is 61.2 Å². The predicted octanol–water partition coefficient (Wildman–Crippen LogP) is 8.76.